The molecule has 0 aliphatic carbocycles. The number of hydrogen-bond donors (Lipinski definition) is 1. The van der Waals surface area contributed by atoms with Gasteiger partial charge in [-0.3, -0.25) is 9.59 Å². The van der Waals surface area contributed by atoms with Crippen LogP contribution in [0, 0.1) is 5.92 Å². The summed E-state index contributed by atoms with van der Waals surface area (Å²) in [6.45, 7) is 16.2. The van der Waals surface area contributed by atoms with Crippen molar-refractivity contribution in [2.75, 3.05) is 6.61 Å². The summed E-state index contributed by atoms with van der Waals surface area (Å²) in [5, 5.41) is 2.80. The van der Waals surface area contributed by atoms with Crippen molar-refractivity contribution in [2.45, 2.75) is 117 Å². The SMILES string of the molecule is CCCCCCCOc1ccc(-c2cnc(-c3ccc(C[C@H](CC(=O)c4ccc(C(C)(C)C)s4)C(=O)N[C@H](C)C(=O)OC(C)(C)C)cc3)nc2)cc1. The molecule has 0 unspecified atom stereocenters. The van der Waals surface area contributed by atoms with Gasteiger partial charge in [0, 0.05) is 40.7 Å². The first-order valence-electron chi connectivity index (χ1n) is 18.4. The van der Waals surface area contributed by atoms with Gasteiger partial charge in [0.2, 0.25) is 5.91 Å². The van der Waals surface area contributed by atoms with E-state index in [1.165, 1.54) is 37.0 Å². The number of unbranched alkanes of at least 4 members (excludes halogenated alkanes) is 4. The molecule has 0 saturated carbocycles. The molecule has 2 heterocycles. The smallest absolute Gasteiger partial charge is 0.328 e. The van der Waals surface area contributed by atoms with Gasteiger partial charge in [0.25, 0.3) is 0 Å². The zero-order valence-corrected chi connectivity index (χ0v) is 32.9. The number of esters is 1. The van der Waals surface area contributed by atoms with Crippen LogP contribution in [0.15, 0.2) is 73.1 Å². The number of nitrogens with one attached hydrogen (secondary N) is 1. The molecule has 0 aliphatic rings. The van der Waals surface area contributed by atoms with Crippen molar-refractivity contribution < 1.29 is 23.9 Å². The van der Waals surface area contributed by atoms with Gasteiger partial charge in [0.15, 0.2) is 11.6 Å². The highest BCUT2D eigenvalue weighted by molar-refractivity contribution is 7.14. The highest BCUT2D eigenvalue weighted by atomic mass is 32.1. The molecular formula is C43H55N3O5S. The summed E-state index contributed by atoms with van der Waals surface area (Å²) in [7, 11) is 0. The minimum Gasteiger partial charge on any atom is -0.494 e. The lowest BCUT2D eigenvalue weighted by atomic mass is 9.92. The van der Waals surface area contributed by atoms with Crippen LogP contribution in [0.25, 0.3) is 22.5 Å². The van der Waals surface area contributed by atoms with Crippen LogP contribution < -0.4 is 10.1 Å². The Balaban J connectivity index is 1.42. The zero-order valence-electron chi connectivity index (χ0n) is 32.1. The molecule has 0 aliphatic heterocycles. The standard InChI is InChI=1S/C43H55N3O5S/c1-9-10-11-12-13-24-50-35-20-18-31(19-21-35)34-27-44-39(45-28-34)32-16-14-30(15-17-32)25-33(40(48)46-29(2)41(49)51-43(6,7)8)26-36(47)37-22-23-38(52-37)42(3,4)5/h14-23,27-29,33H,9-13,24-26H2,1-8H3,(H,46,48)/t29-,33-/m1/s1. The van der Waals surface area contributed by atoms with E-state index >= 15 is 0 Å². The fraction of sp³-hybridized carbons (Fsp3) is 0.465. The monoisotopic (exact) mass is 725 g/mol. The number of Topliss-reactive ketones (excluding diaryl/α,β-unsaturated/α-hetero) is 1. The van der Waals surface area contributed by atoms with E-state index in [2.05, 4.69) is 43.0 Å². The summed E-state index contributed by atoms with van der Waals surface area (Å²) < 4.78 is 11.4. The summed E-state index contributed by atoms with van der Waals surface area (Å²) >= 11 is 1.46. The number of amides is 1. The molecule has 0 radical (unpaired) electrons. The molecule has 1 N–H and O–H groups in total. The Labute approximate surface area is 313 Å². The molecule has 0 bridgehead atoms. The van der Waals surface area contributed by atoms with Crippen LogP contribution in [-0.4, -0.2) is 45.9 Å². The van der Waals surface area contributed by atoms with Crippen molar-refractivity contribution in [3.8, 4) is 28.3 Å². The van der Waals surface area contributed by atoms with Crippen molar-refractivity contribution in [3.63, 3.8) is 0 Å². The van der Waals surface area contributed by atoms with Crippen molar-refractivity contribution in [1.82, 2.24) is 15.3 Å². The van der Waals surface area contributed by atoms with Crippen molar-refractivity contribution in [3.05, 3.63) is 88.4 Å². The quantitative estimate of drug-likeness (QED) is 0.0656. The van der Waals surface area contributed by atoms with E-state index in [1.54, 1.807) is 27.7 Å². The van der Waals surface area contributed by atoms with Crippen LogP contribution in [0.4, 0.5) is 0 Å². The van der Waals surface area contributed by atoms with E-state index in [0.29, 0.717) is 17.1 Å². The maximum absolute atomic E-state index is 13.6. The van der Waals surface area contributed by atoms with Gasteiger partial charge in [-0.05, 0) is 81.3 Å². The van der Waals surface area contributed by atoms with Crippen LogP contribution in [0.2, 0.25) is 0 Å². The first-order chi connectivity index (χ1) is 24.6. The molecule has 2 aromatic heterocycles. The number of carbonyl (C=O) groups excluding carboxylic acids is 3. The molecule has 0 fully saturated rings. The number of aromatic nitrogens is 2. The normalized spacial score (nSPS) is 12.9. The highest BCUT2D eigenvalue weighted by Crippen LogP contribution is 2.31. The molecule has 4 aromatic rings. The summed E-state index contributed by atoms with van der Waals surface area (Å²) in [6.07, 6.45) is 9.98. The number of rotatable bonds is 17. The number of nitrogens with zero attached hydrogens (tertiary/aromatic N) is 2. The Bertz CT molecular complexity index is 1750. The van der Waals surface area contributed by atoms with E-state index in [4.69, 9.17) is 9.47 Å². The number of benzene rings is 2. The molecule has 2 aromatic carbocycles. The molecule has 9 heteroatoms. The molecular weight excluding hydrogens is 671 g/mol. The van der Waals surface area contributed by atoms with Gasteiger partial charge in [-0.25, -0.2) is 14.8 Å². The van der Waals surface area contributed by atoms with E-state index in [9.17, 15) is 14.4 Å². The number of ketones is 1. The Morgan fingerprint density at radius 2 is 1.42 bits per heavy atom. The third-order valence-corrected chi connectivity index (χ3v) is 10.1. The lowest BCUT2D eigenvalue weighted by Crippen LogP contribution is -2.45. The summed E-state index contributed by atoms with van der Waals surface area (Å²) in [6, 6.07) is 18.7. The van der Waals surface area contributed by atoms with E-state index in [-0.39, 0.29) is 23.5 Å². The van der Waals surface area contributed by atoms with E-state index in [0.717, 1.165) is 45.9 Å². The average molecular weight is 726 g/mol. The molecule has 2 atom stereocenters. The van der Waals surface area contributed by atoms with Crippen LogP contribution >= 0.6 is 11.3 Å². The van der Waals surface area contributed by atoms with Gasteiger partial charge < -0.3 is 14.8 Å². The third-order valence-electron chi connectivity index (χ3n) is 8.59. The molecule has 8 nitrogen and oxygen atoms in total. The van der Waals surface area contributed by atoms with Gasteiger partial charge >= 0.3 is 5.97 Å². The second-order valence-electron chi connectivity index (χ2n) is 15.5. The molecule has 1 amide bonds. The van der Waals surface area contributed by atoms with Gasteiger partial charge in [-0.2, -0.15) is 0 Å². The number of ether oxygens (including phenoxy) is 2. The molecule has 0 spiro atoms. The highest BCUT2D eigenvalue weighted by Gasteiger charge is 2.29. The van der Waals surface area contributed by atoms with Gasteiger partial charge in [0.05, 0.1) is 11.5 Å². The fourth-order valence-electron chi connectivity index (χ4n) is 5.59. The molecule has 278 valence electrons. The average Bonchev–Trinajstić information content (AvgIpc) is 3.61. The zero-order chi connectivity index (χ0) is 37.9. The van der Waals surface area contributed by atoms with Crippen LogP contribution in [0.5, 0.6) is 5.75 Å². The minimum atomic E-state index is -0.863. The molecule has 52 heavy (non-hydrogen) atoms. The summed E-state index contributed by atoms with van der Waals surface area (Å²) in [5.41, 5.74) is 2.86. The van der Waals surface area contributed by atoms with Crippen molar-refractivity contribution >= 4 is 29.0 Å². The lowest BCUT2D eigenvalue weighted by molar-refractivity contribution is -0.158. The summed E-state index contributed by atoms with van der Waals surface area (Å²) in [5.74, 6) is -0.244. The Morgan fingerprint density at radius 3 is 2.02 bits per heavy atom. The Hall–Kier alpha value is -4.37. The first kappa shape index (κ1) is 40.4. The Kier molecular flexibility index (Phi) is 14.3. The maximum atomic E-state index is 13.6. The maximum Gasteiger partial charge on any atom is 0.328 e. The van der Waals surface area contributed by atoms with E-state index in [1.807, 2.05) is 73.1 Å². The molecule has 0 saturated heterocycles. The predicted molar refractivity (Wildman–Crippen MR) is 210 cm³/mol. The van der Waals surface area contributed by atoms with Crippen LogP contribution in [0.1, 0.15) is 114 Å². The largest absolute Gasteiger partial charge is 0.494 e. The van der Waals surface area contributed by atoms with Crippen molar-refractivity contribution in [1.29, 1.82) is 0 Å². The predicted octanol–water partition coefficient (Wildman–Crippen LogP) is 9.80. The second kappa shape index (κ2) is 18.4. The summed E-state index contributed by atoms with van der Waals surface area (Å²) in [4.78, 5) is 50.7. The van der Waals surface area contributed by atoms with Crippen molar-refractivity contribution in [2.24, 2.45) is 5.92 Å². The number of thiophene rings is 1. The Morgan fingerprint density at radius 1 is 0.788 bits per heavy atom. The lowest BCUT2D eigenvalue weighted by Gasteiger charge is -2.24. The van der Waals surface area contributed by atoms with E-state index < -0.39 is 23.5 Å². The second-order valence-corrected chi connectivity index (χ2v) is 16.6. The van der Waals surface area contributed by atoms with Gasteiger partial charge in [-0.15, -0.1) is 11.3 Å². The topological polar surface area (TPSA) is 107 Å². The first-order valence-corrected chi connectivity index (χ1v) is 19.3. The number of hydrogen-bond acceptors (Lipinski definition) is 8. The van der Waals surface area contributed by atoms with Crippen LogP contribution in [0.3, 0.4) is 0 Å². The van der Waals surface area contributed by atoms with Gasteiger partial charge in [-0.1, -0.05) is 89.8 Å². The van der Waals surface area contributed by atoms with Crippen LogP contribution in [-0.2, 0) is 26.2 Å². The fourth-order valence-corrected chi connectivity index (χ4v) is 6.61. The minimum absolute atomic E-state index is 0.00937. The number of carbonyl (C=O) groups is 3. The molecule has 4 rings (SSSR count). The van der Waals surface area contributed by atoms with Gasteiger partial charge in [0.1, 0.15) is 17.4 Å². The third kappa shape index (κ3) is 12.4.